The zero-order valence-electron chi connectivity index (χ0n) is 13.3. The Bertz CT molecular complexity index is 921. The number of hydrogen-bond acceptors (Lipinski definition) is 4. The van der Waals surface area contributed by atoms with Gasteiger partial charge in [0.15, 0.2) is 5.75 Å². The van der Waals surface area contributed by atoms with E-state index in [1.165, 1.54) is 18.2 Å². The number of amides is 1. The Morgan fingerprint density at radius 1 is 1.07 bits per heavy atom. The summed E-state index contributed by atoms with van der Waals surface area (Å²) in [7, 11) is -4.78. The molecule has 2 aromatic carbocycles. The van der Waals surface area contributed by atoms with Crippen molar-refractivity contribution in [2.75, 3.05) is 11.9 Å². The van der Waals surface area contributed by atoms with Gasteiger partial charge in [0.25, 0.3) is 12.3 Å². The van der Waals surface area contributed by atoms with E-state index in [2.05, 4.69) is 5.32 Å². The Hall–Kier alpha value is -2.33. The number of hydrogen-bond donors (Lipinski definition) is 1. The highest BCUT2D eigenvalue weighted by Crippen LogP contribution is 2.33. The lowest BCUT2D eigenvalue weighted by molar-refractivity contribution is 0.0822. The molecule has 11 heteroatoms. The van der Waals surface area contributed by atoms with Crippen molar-refractivity contribution in [1.29, 1.82) is 0 Å². The fourth-order valence-corrected chi connectivity index (χ4v) is 2.94. The standard InChI is InChI=1S/C16H12ClF4NO4S/c17-11-2-1-3-12(14(11)26-8-13(18)19)22-15(23)9-4-6-10(7-5-9)27(24,25)16(20)21/h1-7,13,16H,8H2,(H,22,23). The normalized spacial score (nSPS) is 11.7. The first-order chi connectivity index (χ1) is 12.6. The first-order valence-corrected chi connectivity index (χ1v) is 9.18. The molecule has 146 valence electrons. The zero-order valence-corrected chi connectivity index (χ0v) is 14.9. The molecule has 2 rings (SSSR count). The van der Waals surface area contributed by atoms with Crippen LogP contribution in [0.15, 0.2) is 47.4 Å². The molecule has 2 aromatic rings. The van der Waals surface area contributed by atoms with E-state index in [0.29, 0.717) is 0 Å². The molecule has 0 radical (unpaired) electrons. The van der Waals surface area contributed by atoms with Crippen molar-refractivity contribution < 1.29 is 35.5 Å². The van der Waals surface area contributed by atoms with E-state index < -0.39 is 39.4 Å². The summed E-state index contributed by atoms with van der Waals surface area (Å²) in [5, 5.41) is 2.37. The van der Waals surface area contributed by atoms with Crippen LogP contribution in [-0.2, 0) is 9.84 Å². The second-order valence-corrected chi connectivity index (χ2v) is 7.43. The molecular formula is C16H12ClF4NO4S. The molecule has 0 heterocycles. The van der Waals surface area contributed by atoms with Crippen molar-refractivity contribution in [3.8, 4) is 5.75 Å². The summed E-state index contributed by atoms with van der Waals surface area (Å²) in [5.41, 5.74) is -0.0413. The molecule has 0 aliphatic heterocycles. The maximum Gasteiger partial charge on any atom is 0.341 e. The SMILES string of the molecule is O=C(Nc1cccc(Cl)c1OCC(F)F)c1ccc(S(=O)(=O)C(F)F)cc1. The van der Waals surface area contributed by atoms with Gasteiger partial charge in [0, 0.05) is 5.56 Å². The molecule has 0 unspecified atom stereocenters. The van der Waals surface area contributed by atoms with Crippen LogP contribution < -0.4 is 10.1 Å². The number of anilines is 1. The minimum absolute atomic E-state index is 0.00757. The van der Waals surface area contributed by atoms with Crippen molar-refractivity contribution in [2.24, 2.45) is 0 Å². The molecule has 0 saturated carbocycles. The van der Waals surface area contributed by atoms with E-state index in [9.17, 15) is 30.8 Å². The number of benzene rings is 2. The molecule has 0 saturated heterocycles. The number of sulfone groups is 1. The van der Waals surface area contributed by atoms with Gasteiger partial charge in [-0.2, -0.15) is 8.78 Å². The molecule has 0 spiro atoms. The van der Waals surface area contributed by atoms with E-state index in [1.54, 1.807) is 0 Å². The van der Waals surface area contributed by atoms with Gasteiger partial charge < -0.3 is 10.1 Å². The molecule has 0 bridgehead atoms. The van der Waals surface area contributed by atoms with Gasteiger partial charge in [0.1, 0.15) is 6.61 Å². The van der Waals surface area contributed by atoms with Crippen LogP contribution in [0.2, 0.25) is 5.02 Å². The second-order valence-electron chi connectivity index (χ2n) is 5.10. The van der Waals surface area contributed by atoms with Crippen molar-refractivity contribution >= 4 is 33.0 Å². The average Bonchev–Trinajstić information content (AvgIpc) is 2.61. The summed E-state index contributed by atoms with van der Waals surface area (Å²) >= 11 is 5.88. The predicted molar refractivity (Wildman–Crippen MR) is 90.5 cm³/mol. The van der Waals surface area contributed by atoms with Gasteiger partial charge in [-0.1, -0.05) is 17.7 Å². The first kappa shape index (κ1) is 21.0. The average molecular weight is 426 g/mol. The highest BCUT2D eigenvalue weighted by Gasteiger charge is 2.26. The zero-order chi connectivity index (χ0) is 20.2. The molecule has 27 heavy (non-hydrogen) atoms. The lowest BCUT2D eigenvalue weighted by Gasteiger charge is -2.14. The minimum Gasteiger partial charge on any atom is -0.484 e. The van der Waals surface area contributed by atoms with E-state index in [0.717, 1.165) is 24.3 Å². The Labute approximate surface area is 156 Å². The van der Waals surface area contributed by atoms with Crippen LogP contribution in [0.5, 0.6) is 5.75 Å². The van der Waals surface area contributed by atoms with Gasteiger partial charge in [0.2, 0.25) is 9.84 Å². The van der Waals surface area contributed by atoms with Crippen molar-refractivity contribution in [3.05, 3.63) is 53.1 Å². The van der Waals surface area contributed by atoms with Crippen molar-refractivity contribution in [1.82, 2.24) is 0 Å². The number of alkyl halides is 4. The summed E-state index contributed by atoms with van der Waals surface area (Å²) in [6.45, 7) is -0.938. The van der Waals surface area contributed by atoms with E-state index in [1.807, 2.05) is 0 Å². The van der Waals surface area contributed by atoms with Crippen LogP contribution >= 0.6 is 11.6 Å². The Morgan fingerprint density at radius 3 is 2.26 bits per heavy atom. The monoisotopic (exact) mass is 425 g/mol. The Kier molecular flexibility index (Phi) is 6.66. The first-order valence-electron chi connectivity index (χ1n) is 7.26. The molecule has 0 atom stereocenters. The van der Waals surface area contributed by atoms with Crippen LogP contribution in [0.3, 0.4) is 0 Å². The summed E-state index contributed by atoms with van der Waals surface area (Å²) < 4.78 is 77.3. The van der Waals surface area contributed by atoms with E-state index in [-0.39, 0.29) is 22.0 Å². The Morgan fingerprint density at radius 2 is 1.70 bits per heavy atom. The molecule has 0 aromatic heterocycles. The smallest absolute Gasteiger partial charge is 0.341 e. The third kappa shape index (κ3) is 5.10. The Balaban J connectivity index is 2.22. The third-order valence-corrected chi connectivity index (χ3v) is 4.94. The number of nitrogens with one attached hydrogen (secondary N) is 1. The summed E-state index contributed by atoms with van der Waals surface area (Å²) in [4.78, 5) is 11.6. The van der Waals surface area contributed by atoms with E-state index in [4.69, 9.17) is 16.3 Å². The van der Waals surface area contributed by atoms with Crippen molar-refractivity contribution in [3.63, 3.8) is 0 Å². The number of para-hydroxylation sites is 1. The number of halogens is 5. The molecule has 0 fully saturated rings. The summed E-state index contributed by atoms with van der Waals surface area (Å²) in [6.07, 6.45) is -2.76. The van der Waals surface area contributed by atoms with Gasteiger partial charge >= 0.3 is 5.76 Å². The quantitative estimate of drug-likeness (QED) is 0.674. The molecule has 5 nitrogen and oxygen atoms in total. The lowest BCUT2D eigenvalue weighted by Crippen LogP contribution is -2.15. The molecule has 1 amide bonds. The van der Waals surface area contributed by atoms with E-state index >= 15 is 0 Å². The summed E-state index contributed by atoms with van der Waals surface area (Å²) in [5.74, 6) is -4.50. The third-order valence-electron chi connectivity index (χ3n) is 3.25. The lowest BCUT2D eigenvalue weighted by atomic mass is 10.2. The van der Waals surface area contributed by atoms with Crippen LogP contribution in [0.25, 0.3) is 0 Å². The molecule has 0 aliphatic carbocycles. The number of rotatable bonds is 7. The van der Waals surface area contributed by atoms with Gasteiger partial charge in [-0.25, -0.2) is 17.2 Å². The fourth-order valence-electron chi connectivity index (χ4n) is 1.99. The predicted octanol–water partition coefficient (Wildman–Crippen LogP) is 4.23. The summed E-state index contributed by atoms with van der Waals surface area (Å²) in [6, 6.07) is 7.99. The molecule has 0 aliphatic rings. The van der Waals surface area contributed by atoms with Gasteiger partial charge in [-0.3, -0.25) is 4.79 Å². The fraction of sp³-hybridized carbons (Fsp3) is 0.188. The van der Waals surface area contributed by atoms with Gasteiger partial charge in [-0.05, 0) is 36.4 Å². The highest BCUT2D eigenvalue weighted by atomic mass is 35.5. The molecule has 1 N–H and O–H groups in total. The second kappa shape index (κ2) is 8.57. The number of carbonyl (C=O) groups excluding carboxylic acids is 1. The number of carbonyl (C=O) groups is 1. The van der Waals surface area contributed by atoms with Crippen LogP contribution in [0.1, 0.15) is 10.4 Å². The largest absolute Gasteiger partial charge is 0.484 e. The van der Waals surface area contributed by atoms with Crippen LogP contribution in [0, 0.1) is 0 Å². The van der Waals surface area contributed by atoms with Crippen LogP contribution in [-0.4, -0.2) is 33.1 Å². The topological polar surface area (TPSA) is 72.5 Å². The van der Waals surface area contributed by atoms with Crippen molar-refractivity contribution in [2.45, 2.75) is 17.1 Å². The minimum atomic E-state index is -4.78. The molecular weight excluding hydrogens is 414 g/mol. The van der Waals surface area contributed by atoms with Gasteiger partial charge in [-0.15, -0.1) is 0 Å². The van der Waals surface area contributed by atoms with Gasteiger partial charge in [0.05, 0.1) is 15.6 Å². The number of ether oxygens (including phenoxy) is 1. The van der Waals surface area contributed by atoms with Crippen LogP contribution in [0.4, 0.5) is 23.2 Å². The maximum atomic E-state index is 12.5. The highest BCUT2D eigenvalue weighted by molar-refractivity contribution is 7.91. The maximum absolute atomic E-state index is 12.5.